The van der Waals surface area contributed by atoms with Crippen molar-refractivity contribution in [3.8, 4) is 10.6 Å². The van der Waals surface area contributed by atoms with Gasteiger partial charge in [-0.15, -0.1) is 11.3 Å². The Labute approximate surface area is 106 Å². The fraction of sp³-hybridized carbons (Fsp3) is 0.357. The first-order valence-corrected chi connectivity index (χ1v) is 6.94. The minimum Gasteiger partial charge on any atom is -0.316 e. The summed E-state index contributed by atoms with van der Waals surface area (Å²) in [5.74, 6) is 0.616. The molecule has 2 aromatic rings. The van der Waals surface area contributed by atoms with Gasteiger partial charge >= 0.3 is 0 Å². The van der Waals surface area contributed by atoms with Crippen LogP contribution in [0.25, 0.3) is 10.6 Å². The Kier molecular flexibility index (Phi) is 2.95. The van der Waals surface area contributed by atoms with E-state index in [1.54, 1.807) is 11.3 Å². The van der Waals surface area contributed by atoms with Gasteiger partial charge in [-0.3, -0.25) is 0 Å². The van der Waals surface area contributed by atoms with Crippen molar-refractivity contribution in [3.05, 3.63) is 40.9 Å². The van der Waals surface area contributed by atoms with Crippen molar-refractivity contribution in [3.63, 3.8) is 0 Å². The van der Waals surface area contributed by atoms with Crippen LogP contribution in [0.5, 0.6) is 0 Å². The quantitative estimate of drug-likeness (QED) is 0.877. The molecule has 1 N–H and O–H groups in total. The van der Waals surface area contributed by atoms with Gasteiger partial charge in [0.1, 0.15) is 5.01 Å². The lowest BCUT2D eigenvalue weighted by atomic mass is 10.1. The van der Waals surface area contributed by atoms with Gasteiger partial charge in [-0.2, -0.15) is 0 Å². The van der Waals surface area contributed by atoms with Crippen LogP contribution in [0.2, 0.25) is 0 Å². The Morgan fingerprint density at radius 2 is 2.12 bits per heavy atom. The summed E-state index contributed by atoms with van der Waals surface area (Å²) in [6.45, 7) is 4.32. The van der Waals surface area contributed by atoms with Crippen LogP contribution >= 0.6 is 11.3 Å². The van der Waals surface area contributed by atoms with Crippen LogP contribution in [-0.2, 0) is 0 Å². The maximum absolute atomic E-state index is 4.77. The Balaban J connectivity index is 1.86. The van der Waals surface area contributed by atoms with E-state index in [-0.39, 0.29) is 0 Å². The van der Waals surface area contributed by atoms with Gasteiger partial charge in [0.25, 0.3) is 0 Å². The molecular formula is C14H16N2S. The largest absolute Gasteiger partial charge is 0.316 e. The van der Waals surface area contributed by atoms with E-state index in [0.717, 1.165) is 18.1 Å². The molecule has 88 valence electrons. The van der Waals surface area contributed by atoms with E-state index in [2.05, 4.69) is 41.9 Å². The van der Waals surface area contributed by atoms with Gasteiger partial charge in [-0.25, -0.2) is 4.98 Å². The van der Waals surface area contributed by atoms with Crippen molar-refractivity contribution in [1.82, 2.24) is 10.3 Å². The zero-order valence-corrected chi connectivity index (χ0v) is 10.8. The van der Waals surface area contributed by atoms with Gasteiger partial charge in [0, 0.05) is 23.4 Å². The molecule has 1 unspecified atom stereocenters. The molecule has 2 nitrogen and oxygen atoms in total. The molecule has 0 amide bonds. The summed E-state index contributed by atoms with van der Waals surface area (Å²) in [5.41, 5.74) is 3.79. The lowest BCUT2D eigenvalue weighted by Crippen LogP contribution is -2.08. The van der Waals surface area contributed by atoms with Crippen molar-refractivity contribution in [1.29, 1.82) is 0 Å². The number of rotatable bonds is 2. The normalized spacial score (nSPS) is 19.7. The molecule has 1 atom stereocenters. The molecule has 0 saturated carbocycles. The first-order valence-electron chi connectivity index (χ1n) is 6.06. The molecule has 3 heteroatoms. The standard InChI is InChI=1S/C14H16N2S/c1-10-2-4-11(5-3-10)14-16-13(9-17-14)12-6-7-15-8-12/h2-5,9,12,15H,6-8H2,1H3. The summed E-state index contributed by atoms with van der Waals surface area (Å²) in [6.07, 6.45) is 1.22. The van der Waals surface area contributed by atoms with Crippen molar-refractivity contribution in [2.45, 2.75) is 19.3 Å². The molecule has 1 aromatic heterocycles. The van der Waals surface area contributed by atoms with Crippen molar-refractivity contribution in [2.75, 3.05) is 13.1 Å². The molecule has 1 aliphatic rings. The second-order valence-corrected chi connectivity index (χ2v) is 5.49. The molecule has 1 aromatic carbocycles. The van der Waals surface area contributed by atoms with E-state index in [9.17, 15) is 0 Å². The number of nitrogens with zero attached hydrogens (tertiary/aromatic N) is 1. The van der Waals surface area contributed by atoms with Gasteiger partial charge in [-0.05, 0) is 19.9 Å². The number of aromatic nitrogens is 1. The van der Waals surface area contributed by atoms with Crippen LogP contribution in [0.1, 0.15) is 23.6 Å². The van der Waals surface area contributed by atoms with E-state index in [1.807, 2.05) is 0 Å². The van der Waals surface area contributed by atoms with Crippen molar-refractivity contribution >= 4 is 11.3 Å². The molecule has 17 heavy (non-hydrogen) atoms. The summed E-state index contributed by atoms with van der Waals surface area (Å²) in [6, 6.07) is 8.61. The van der Waals surface area contributed by atoms with Crippen LogP contribution in [0.4, 0.5) is 0 Å². The molecule has 0 aliphatic carbocycles. The first-order chi connectivity index (χ1) is 8.33. The smallest absolute Gasteiger partial charge is 0.123 e. The van der Waals surface area contributed by atoms with Gasteiger partial charge in [-0.1, -0.05) is 29.8 Å². The average Bonchev–Trinajstić information content (AvgIpc) is 3.00. The maximum Gasteiger partial charge on any atom is 0.123 e. The number of nitrogens with one attached hydrogen (secondary N) is 1. The molecular weight excluding hydrogens is 228 g/mol. The summed E-state index contributed by atoms with van der Waals surface area (Å²) in [5, 5.41) is 6.75. The maximum atomic E-state index is 4.77. The lowest BCUT2D eigenvalue weighted by molar-refractivity contribution is 0.742. The molecule has 3 rings (SSSR count). The Morgan fingerprint density at radius 3 is 2.82 bits per heavy atom. The molecule has 0 spiro atoms. The van der Waals surface area contributed by atoms with Crippen molar-refractivity contribution in [2.24, 2.45) is 0 Å². The monoisotopic (exact) mass is 244 g/mol. The molecule has 1 fully saturated rings. The number of aryl methyl sites for hydroxylation is 1. The minimum absolute atomic E-state index is 0.616. The fourth-order valence-electron chi connectivity index (χ4n) is 2.21. The van der Waals surface area contributed by atoms with Crippen LogP contribution in [0, 0.1) is 6.92 Å². The van der Waals surface area contributed by atoms with E-state index in [4.69, 9.17) is 4.98 Å². The number of thiazole rings is 1. The summed E-state index contributed by atoms with van der Waals surface area (Å²) >= 11 is 1.76. The van der Waals surface area contributed by atoms with Gasteiger partial charge in [0.05, 0.1) is 5.69 Å². The summed E-state index contributed by atoms with van der Waals surface area (Å²) < 4.78 is 0. The fourth-order valence-corrected chi connectivity index (χ4v) is 3.12. The number of hydrogen-bond acceptors (Lipinski definition) is 3. The highest BCUT2D eigenvalue weighted by atomic mass is 32.1. The third-order valence-corrected chi connectivity index (χ3v) is 4.21. The second-order valence-electron chi connectivity index (χ2n) is 4.63. The topological polar surface area (TPSA) is 24.9 Å². The molecule has 1 aliphatic heterocycles. The highest BCUT2D eigenvalue weighted by molar-refractivity contribution is 7.13. The zero-order chi connectivity index (χ0) is 11.7. The molecule has 2 heterocycles. The predicted molar refractivity (Wildman–Crippen MR) is 72.5 cm³/mol. The third-order valence-electron chi connectivity index (χ3n) is 3.30. The molecule has 1 saturated heterocycles. The third kappa shape index (κ3) is 2.26. The van der Waals surface area contributed by atoms with Crippen LogP contribution in [-0.4, -0.2) is 18.1 Å². The van der Waals surface area contributed by atoms with Crippen LogP contribution in [0.3, 0.4) is 0 Å². The summed E-state index contributed by atoms with van der Waals surface area (Å²) in [4.78, 5) is 4.77. The van der Waals surface area contributed by atoms with Gasteiger partial charge in [0.2, 0.25) is 0 Å². The lowest BCUT2D eigenvalue weighted by Gasteiger charge is -2.02. The van der Waals surface area contributed by atoms with Gasteiger partial charge < -0.3 is 5.32 Å². The van der Waals surface area contributed by atoms with E-state index in [0.29, 0.717) is 5.92 Å². The second kappa shape index (κ2) is 4.59. The van der Waals surface area contributed by atoms with Crippen LogP contribution in [0.15, 0.2) is 29.6 Å². The van der Waals surface area contributed by atoms with E-state index >= 15 is 0 Å². The summed E-state index contributed by atoms with van der Waals surface area (Å²) in [7, 11) is 0. The SMILES string of the molecule is Cc1ccc(-c2nc(C3CCNC3)cs2)cc1. The highest BCUT2D eigenvalue weighted by Gasteiger charge is 2.19. The van der Waals surface area contributed by atoms with Crippen molar-refractivity contribution < 1.29 is 0 Å². The van der Waals surface area contributed by atoms with Gasteiger partial charge in [0.15, 0.2) is 0 Å². The number of hydrogen-bond donors (Lipinski definition) is 1. The Morgan fingerprint density at radius 1 is 1.29 bits per heavy atom. The van der Waals surface area contributed by atoms with Crippen LogP contribution < -0.4 is 5.32 Å². The predicted octanol–water partition coefficient (Wildman–Crippen LogP) is 3.20. The molecule has 0 radical (unpaired) electrons. The highest BCUT2D eigenvalue weighted by Crippen LogP contribution is 2.29. The first kappa shape index (κ1) is 10.9. The van der Waals surface area contributed by atoms with E-state index < -0.39 is 0 Å². The zero-order valence-electron chi connectivity index (χ0n) is 9.94. The molecule has 0 bridgehead atoms. The Bertz CT molecular complexity index is 495. The van der Waals surface area contributed by atoms with E-state index in [1.165, 1.54) is 23.2 Å². The Hall–Kier alpha value is -1.19. The minimum atomic E-state index is 0.616. The number of benzene rings is 1. The average molecular weight is 244 g/mol.